The SMILES string of the molecule is COC(=O)c1nccc2cccc(OC)c12. The molecule has 0 aliphatic carbocycles. The molecule has 82 valence electrons. The number of rotatable bonds is 2. The van der Waals surface area contributed by atoms with Crippen LogP contribution in [0.15, 0.2) is 30.5 Å². The smallest absolute Gasteiger partial charge is 0.357 e. The van der Waals surface area contributed by atoms with E-state index in [2.05, 4.69) is 9.72 Å². The van der Waals surface area contributed by atoms with Gasteiger partial charge in [0.15, 0.2) is 5.69 Å². The molecule has 0 radical (unpaired) electrons. The molecule has 4 heteroatoms. The van der Waals surface area contributed by atoms with Crippen LogP contribution in [-0.4, -0.2) is 25.2 Å². The summed E-state index contributed by atoms with van der Waals surface area (Å²) in [5.74, 6) is 0.154. The summed E-state index contributed by atoms with van der Waals surface area (Å²) in [5, 5.41) is 1.58. The van der Waals surface area contributed by atoms with Gasteiger partial charge in [0.1, 0.15) is 5.75 Å². The van der Waals surface area contributed by atoms with Crippen molar-refractivity contribution in [1.82, 2.24) is 4.98 Å². The predicted octanol–water partition coefficient (Wildman–Crippen LogP) is 2.03. The molecule has 4 nitrogen and oxygen atoms in total. The fourth-order valence-electron chi connectivity index (χ4n) is 1.62. The molecule has 0 saturated heterocycles. The van der Waals surface area contributed by atoms with Crippen LogP contribution < -0.4 is 4.74 Å². The molecule has 2 rings (SSSR count). The van der Waals surface area contributed by atoms with Gasteiger partial charge in [-0.3, -0.25) is 0 Å². The molecule has 0 aliphatic heterocycles. The number of carbonyl (C=O) groups is 1. The third-order valence-electron chi connectivity index (χ3n) is 2.35. The van der Waals surface area contributed by atoms with Gasteiger partial charge in [-0.1, -0.05) is 12.1 Å². The second kappa shape index (κ2) is 4.18. The Kier molecular flexibility index (Phi) is 2.72. The predicted molar refractivity (Wildman–Crippen MR) is 59.6 cm³/mol. The van der Waals surface area contributed by atoms with Gasteiger partial charge in [0, 0.05) is 6.20 Å². The van der Waals surface area contributed by atoms with Crippen LogP contribution >= 0.6 is 0 Å². The number of hydrogen-bond donors (Lipinski definition) is 0. The maximum absolute atomic E-state index is 11.6. The van der Waals surface area contributed by atoms with E-state index in [1.54, 1.807) is 19.4 Å². The van der Waals surface area contributed by atoms with Crippen LogP contribution in [0, 0.1) is 0 Å². The minimum absolute atomic E-state index is 0.275. The summed E-state index contributed by atoms with van der Waals surface area (Å²) in [4.78, 5) is 15.6. The first kappa shape index (κ1) is 10.4. The summed E-state index contributed by atoms with van der Waals surface area (Å²) in [5.41, 5.74) is 0.275. The largest absolute Gasteiger partial charge is 0.496 e. The summed E-state index contributed by atoms with van der Waals surface area (Å²) in [6.45, 7) is 0. The number of fused-ring (bicyclic) bond motifs is 1. The number of carbonyl (C=O) groups excluding carboxylic acids is 1. The summed E-state index contributed by atoms with van der Waals surface area (Å²) < 4.78 is 9.90. The second-order valence-electron chi connectivity index (χ2n) is 3.21. The van der Waals surface area contributed by atoms with Crippen LogP contribution in [0.25, 0.3) is 10.8 Å². The molecule has 16 heavy (non-hydrogen) atoms. The van der Waals surface area contributed by atoms with Crippen molar-refractivity contribution in [2.75, 3.05) is 14.2 Å². The van der Waals surface area contributed by atoms with Gasteiger partial charge in [-0.2, -0.15) is 0 Å². The van der Waals surface area contributed by atoms with Crippen molar-refractivity contribution < 1.29 is 14.3 Å². The van der Waals surface area contributed by atoms with Crippen molar-refractivity contribution in [2.45, 2.75) is 0 Å². The third-order valence-corrected chi connectivity index (χ3v) is 2.35. The molecule has 1 aromatic heterocycles. The average Bonchev–Trinajstić information content (AvgIpc) is 2.36. The van der Waals surface area contributed by atoms with Crippen molar-refractivity contribution in [3.8, 4) is 5.75 Å². The van der Waals surface area contributed by atoms with Crippen LogP contribution in [-0.2, 0) is 4.74 Å². The van der Waals surface area contributed by atoms with Crippen LogP contribution in [0.2, 0.25) is 0 Å². The normalized spacial score (nSPS) is 10.1. The Morgan fingerprint density at radius 3 is 2.75 bits per heavy atom. The zero-order chi connectivity index (χ0) is 11.5. The lowest BCUT2D eigenvalue weighted by atomic mass is 10.1. The Morgan fingerprint density at radius 2 is 2.06 bits per heavy atom. The number of ether oxygens (including phenoxy) is 2. The van der Waals surface area contributed by atoms with Crippen molar-refractivity contribution >= 4 is 16.7 Å². The molecule has 1 heterocycles. The highest BCUT2D eigenvalue weighted by Gasteiger charge is 2.15. The van der Waals surface area contributed by atoms with E-state index in [-0.39, 0.29) is 5.69 Å². The van der Waals surface area contributed by atoms with Crippen LogP contribution in [0.3, 0.4) is 0 Å². The standard InChI is InChI=1S/C12H11NO3/c1-15-9-5-3-4-8-6-7-13-11(10(8)9)12(14)16-2/h3-7H,1-2H3. The van der Waals surface area contributed by atoms with Crippen LogP contribution in [0.5, 0.6) is 5.75 Å². The van der Waals surface area contributed by atoms with E-state index >= 15 is 0 Å². The highest BCUT2D eigenvalue weighted by molar-refractivity contribution is 6.05. The lowest BCUT2D eigenvalue weighted by molar-refractivity contribution is 0.0596. The Morgan fingerprint density at radius 1 is 1.25 bits per heavy atom. The second-order valence-corrected chi connectivity index (χ2v) is 3.21. The molecule has 0 N–H and O–H groups in total. The molecule has 0 fully saturated rings. The minimum Gasteiger partial charge on any atom is -0.496 e. The van der Waals surface area contributed by atoms with Gasteiger partial charge in [0.05, 0.1) is 19.6 Å². The van der Waals surface area contributed by atoms with E-state index in [0.29, 0.717) is 11.1 Å². The van der Waals surface area contributed by atoms with E-state index in [4.69, 9.17) is 4.74 Å². The van der Waals surface area contributed by atoms with Crippen molar-refractivity contribution in [2.24, 2.45) is 0 Å². The van der Waals surface area contributed by atoms with Gasteiger partial charge in [0.2, 0.25) is 0 Å². The van der Waals surface area contributed by atoms with Gasteiger partial charge < -0.3 is 9.47 Å². The molecular formula is C12H11NO3. The Hall–Kier alpha value is -2.10. The number of hydrogen-bond acceptors (Lipinski definition) is 4. The Balaban J connectivity index is 2.78. The molecule has 0 bridgehead atoms. The summed E-state index contributed by atoms with van der Waals surface area (Å²) >= 11 is 0. The van der Waals surface area contributed by atoms with Gasteiger partial charge in [-0.25, -0.2) is 9.78 Å². The fourth-order valence-corrected chi connectivity index (χ4v) is 1.62. The lowest BCUT2D eigenvalue weighted by Gasteiger charge is -2.08. The molecule has 2 aromatic rings. The Labute approximate surface area is 92.8 Å². The number of esters is 1. The van der Waals surface area contributed by atoms with E-state index in [0.717, 1.165) is 5.39 Å². The first-order valence-electron chi connectivity index (χ1n) is 4.78. The molecule has 0 unspecified atom stereocenters. The molecule has 0 aliphatic rings. The van der Waals surface area contributed by atoms with Crippen molar-refractivity contribution in [3.63, 3.8) is 0 Å². The van der Waals surface area contributed by atoms with Gasteiger partial charge in [-0.15, -0.1) is 0 Å². The lowest BCUT2D eigenvalue weighted by Crippen LogP contribution is -2.05. The van der Waals surface area contributed by atoms with E-state index in [1.807, 2.05) is 18.2 Å². The zero-order valence-corrected chi connectivity index (χ0v) is 9.06. The monoisotopic (exact) mass is 217 g/mol. The molecule has 0 spiro atoms. The summed E-state index contributed by atoms with van der Waals surface area (Å²) in [7, 11) is 2.89. The van der Waals surface area contributed by atoms with Gasteiger partial charge in [0.25, 0.3) is 0 Å². The number of aromatic nitrogens is 1. The first-order valence-corrected chi connectivity index (χ1v) is 4.78. The summed E-state index contributed by atoms with van der Waals surface area (Å²) in [6.07, 6.45) is 1.58. The topological polar surface area (TPSA) is 48.4 Å². The quantitative estimate of drug-likeness (QED) is 0.722. The minimum atomic E-state index is -0.463. The fraction of sp³-hybridized carbons (Fsp3) is 0.167. The maximum atomic E-state index is 11.6. The number of pyridine rings is 1. The molecule has 0 atom stereocenters. The number of nitrogens with zero attached hydrogens (tertiary/aromatic N) is 1. The highest BCUT2D eigenvalue weighted by Crippen LogP contribution is 2.27. The summed E-state index contributed by atoms with van der Waals surface area (Å²) in [6, 6.07) is 7.37. The number of benzene rings is 1. The number of methoxy groups -OCH3 is 2. The van der Waals surface area contributed by atoms with Crippen LogP contribution in [0.4, 0.5) is 0 Å². The van der Waals surface area contributed by atoms with Gasteiger partial charge >= 0.3 is 5.97 Å². The average molecular weight is 217 g/mol. The molecule has 0 amide bonds. The zero-order valence-electron chi connectivity index (χ0n) is 9.06. The van der Waals surface area contributed by atoms with E-state index < -0.39 is 5.97 Å². The third kappa shape index (κ3) is 1.58. The molecular weight excluding hydrogens is 206 g/mol. The van der Waals surface area contributed by atoms with Crippen molar-refractivity contribution in [1.29, 1.82) is 0 Å². The van der Waals surface area contributed by atoms with E-state index in [9.17, 15) is 4.79 Å². The maximum Gasteiger partial charge on any atom is 0.357 e. The van der Waals surface area contributed by atoms with E-state index in [1.165, 1.54) is 7.11 Å². The van der Waals surface area contributed by atoms with Gasteiger partial charge in [-0.05, 0) is 17.5 Å². The highest BCUT2D eigenvalue weighted by atomic mass is 16.5. The molecule has 1 aromatic carbocycles. The van der Waals surface area contributed by atoms with Crippen LogP contribution in [0.1, 0.15) is 10.5 Å². The first-order chi connectivity index (χ1) is 7.77. The van der Waals surface area contributed by atoms with Crippen molar-refractivity contribution in [3.05, 3.63) is 36.2 Å². The molecule has 0 saturated carbocycles. The Bertz CT molecular complexity index is 532.